The molecule has 0 saturated heterocycles. The summed E-state index contributed by atoms with van der Waals surface area (Å²) in [5, 5.41) is 2.76. The first-order chi connectivity index (χ1) is 13.3. The molecule has 0 heterocycles. The first-order valence-corrected chi connectivity index (χ1v) is 11.3. The van der Waals surface area contributed by atoms with Gasteiger partial charge in [0, 0.05) is 17.6 Å². The van der Waals surface area contributed by atoms with Crippen LogP contribution in [0, 0.1) is 0 Å². The normalized spacial score (nSPS) is 11.4. The highest BCUT2D eigenvalue weighted by Crippen LogP contribution is 2.26. The Morgan fingerprint density at radius 3 is 2.50 bits per heavy atom. The number of hydrogen-bond acceptors (Lipinski definition) is 4. The Morgan fingerprint density at radius 1 is 1.14 bits per heavy atom. The van der Waals surface area contributed by atoms with E-state index in [9.17, 15) is 13.2 Å². The molecule has 152 valence electrons. The summed E-state index contributed by atoms with van der Waals surface area (Å²) < 4.78 is 33.6. The maximum atomic E-state index is 13.1. The van der Waals surface area contributed by atoms with Gasteiger partial charge in [-0.2, -0.15) is 0 Å². The Labute approximate surface area is 175 Å². The lowest BCUT2D eigenvalue weighted by molar-refractivity contribution is -0.119. The number of hydrogen-bond donors (Lipinski definition) is 1. The molecule has 8 heteroatoms. The summed E-state index contributed by atoms with van der Waals surface area (Å²) in [5.74, 6) is -0.371. The van der Waals surface area contributed by atoms with Crippen LogP contribution in [0.4, 0.5) is 5.69 Å². The minimum absolute atomic E-state index is 0.133. The molecular formula is C20H25BrN2O4S. The number of ether oxygens (including phenoxy) is 1. The van der Waals surface area contributed by atoms with Gasteiger partial charge in [-0.05, 0) is 50.6 Å². The van der Waals surface area contributed by atoms with Gasteiger partial charge >= 0.3 is 0 Å². The lowest BCUT2D eigenvalue weighted by Gasteiger charge is -2.24. The van der Waals surface area contributed by atoms with E-state index >= 15 is 0 Å². The van der Waals surface area contributed by atoms with Gasteiger partial charge in [-0.1, -0.05) is 40.2 Å². The number of anilines is 1. The zero-order chi connectivity index (χ0) is 20.6. The minimum atomic E-state index is -3.89. The third kappa shape index (κ3) is 6.61. The molecule has 0 bridgehead atoms. The van der Waals surface area contributed by atoms with Crippen LogP contribution >= 0.6 is 15.9 Å². The first-order valence-electron chi connectivity index (χ1n) is 9.02. The number of rotatable bonds is 10. The van der Waals surface area contributed by atoms with Crippen molar-refractivity contribution >= 4 is 37.5 Å². The summed E-state index contributed by atoms with van der Waals surface area (Å²) in [6, 6.07) is 14.9. The van der Waals surface area contributed by atoms with Crippen LogP contribution in [0.3, 0.4) is 0 Å². The van der Waals surface area contributed by atoms with Gasteiger partial charge in [-0.3, -0.25) is 9.10 Å². The number of carbonyl (C=O) groups excluding carboxylic acids is 1. The van der Waals surface area contributed by atoms with E-state index in [0.717, 1.165) is 8.78 Å². The predicted molar refractivity (Wildman–Crippen MR) is 114 cm³/mol. The molecule has 0 aliphatic rings. The molecule has 0 atom stereocenters. The molecule has 0 unspecified atom stereocenters. The van der Waals surface area contributed by atoms with Gasteiger partial charge in [0.1, 0.15) is 6.54 Å². The summed E-state index contributed by atoms with van der Waals surface area (Å²) in [6.07, 6.45) is 0.797. The van der Waals surface area contributed by atoms with E-state index in [0.29, 0.717) is 25.3 Å². The van der Waals surface area contributed by atoms with Crippen LogP contribution in [0.5, 0.6) is 0 Å². The van der Waals surface area contributed by atoms with Crippen LogP contribution in [0.15, 0.2) is 64.0 Å². The average Bonchev–Trinajstić information content (AvgIpc) is 2.66. The molecule has 1 amide bonds. The second-order valence-corrected chi connectivity index (χ2v) is 9.21. The van der Waals surface area contributed by atoms with Crippen molar-refractivity contribution in [3.8, 4) is 0 Å². The molecule has 2 aromatic carbocycles. The van der Waals surface area contributed by atoms with Crippen LogP contribution in [0.25, 0.3) is 0 Å². The Bertz CT molecular complexity index is 873. The predicted octanol–water partition coefficient (Wildman–Crippen LogP) is 3.58. The molecule has 0 fully saturated rings. The molecule has 0 spiro atoms. The highest BCUT2D eigenvalue weighted by Gasteiger charge is 2.27. The molecule has 0 aliphatic heterocycles. The van der Waals surface area contributed by atoms with Crippen molar-refractivity contribution in [3.05, 3.63) is 59.1 Å². The number of amides is 1. The van der Waals surface area contributed by atoms with Gasteiger partial charge in [0.2, 0.25) is 5.91 Å². The molecular weight excluding hydrogens is 444 g/mol. The quantitative estimate of drug-likeness (QED) is 0.540. The molecule has 2 rings (SSSR count). The number of carbonyl (C=O) groups is 1. The van der Waals surface area contributed by atoms with E-state index in [-0.39, 0.29) is 23.5 Å². The van der Waals surface area contributed by atoms with Crippen LogP contribution < -0.4 is 9.62 Å². The monoisotopic (exact) mass is 468 g/mol. The Kier molecular flexibility index (Phi) is 8.47. The summed E-state index contributed by atoms with van der Waals surface area (Å²) in [7, 11) is -3.89. The van der Waals surface area contributed by atoms with Crippen molar-refractivity contribution in [2.45, 2.75) is 31.3 Å². The van der Waals surface area contributed by atoms with Crippen molar-refractivity contribution in [2.24, 2.45) is 0 Å². The van der Waals surface area contributed by atoms with E-state index < -0.39 is 10.0 Å². The zero-order valence-corrected chi connectivity index (χ0v) is 18.4. The Hall–Kier alpha value is -1.90. The SMILES string of the molecule is CC(C)OCCCNC(=O)CN(c1cccc(Br)c1)S(=O)(=O)c1ccccc1. The van der Waals surface area contributed by atoms with Crippen molar-refractivity contribution in [1.82, 2.24) is 5.32 Å². The summed E-state index contributed by atoms with van der Waals surface area (Å²) in [5.41, 5.74) is 0.413. The van der Waals surface area contributed by atoms with E-state index in [2.05, 4.69) is 21.2 Å². The zero-order valence-electron chi connectivity index (χ0n) is 16.0. The number of nitrogens with one attached hydrogen (secondary N) is 1. The molecule has 0 radical (unpaired) electrons. The Morgan fingerprint density at radius 2 is 1.86 bits per heavy atom. The van der Waals surface area contributed by atoms with Crippen molar-refractivity contribution in [3.63, 3.8) is 0 Å². The van der Waals surface area contributed by atoms with Crippen molar-refractivity contribution < 1.29 is 17.9 Å². The smallest absolute Gasteiger partial charge is 0.264 e. The van der Waals surface area contributed by atoms with Gasteiger partial charge in [0.25, 0.3) is 10.0 Å². The summed E-state index contributed by atoms with van der Waals surface area (Å²) in [6.45, 7) is 4.55. The third-order valence-electron chi connectivity index (χ3n) is 3.81. The van der Waals surface area contributed by atoms with Crippen LogP contribution in [-0.4, -0.2) is 40.1 Å². The summed E-state index contributed by atoms with van der Waals surface area (Å²) in [4.78, 5) is 12.5. The third-order valence-corrected chi connectivity index (χ3v) is 6.09. The van der Waals surface area contributed by atoms with Gasteiger partial charge < -0.3 is 10.1 Å². The molecule has 28 heavy (non-hydrogen) atoms. The summed E-state index contributed by atoms with van der Waals surface area (Å²) >= 11 is 3.35. The van der Waals surface area contributed by atoms with Crippen molar-refractivity contribution in [1.29, 1.82) is 0 Å². The maximum Gasteiger partial charge on any atom is 0.264 e. The molecule has 2 aromatic rings. The molecule has 0 saturated carbocycles. The fourth-order valence-electron chi connectivity index (χ4n) is 2.47. The molecule has 1 N–H and O–H groups in total. The van der Waals surface area contributed by atoms with Crippen LogP contribution in [0.1, 0.15) is 20.3 Å². The van der Waals surface area contributed by atoms with Gasteiger partial charge in [0.15, 0.2) is 0 Å². The maximum absolute atomic E-state index is 13.1. The second-order valence-electron chi connectivity index (χ2n) is 6.43. The van der Waals surface area contributed by atoms with E-state index in [1.54, 1.807) is 42.5 Å². The largest absolute Gasteiger partial charge is 0.379 e. The molecule has 6 nitrogen and oxygen atoms in total. The second kappa shape index (κ2) is 10.6. The van der Waals surface area contributed by atoms with Gasteiger partial charge in [-0.15, -0.1) is 0 Å². The van der Waals surface area contributed by atoms with Crippen LogP contribution in [0.2, 0.25) is 0 Å². The lowest BCUT2D eigenvalue weighted by atomic mass is 10.3. The van der Waals surface area contributed by atoms with E-state index in [1.807, 2.05) is 13.8 Å². The Balaban J connectivity index is 2.15. The highest BCUT2D eigenvalue weighted by atomic mass is 79.9. The number of sulfonamides is 1. The number of halogens is 1. The average molecular weight is 469 g/mol. The fraction of sp³-hybridized carbons (Fsp3) is 0.350. The minimum Gasteiger partial charge on any atom is -0.379 e. The fourth-order valence-corrected chi connectivity index (χ4v) is 4.29. The van der Waals surface area contributed by atoms with Crippen LogP contribution in [-0.2, 0) is 19.6 Å². The van der Waals surface area contributed by atoms with Gasteiger partial charge in [-0.25, -0.2) is 8.42 Å². The molecule has 0 aliphatic carbocycles. The van der Waals surface area contributed by atoms with E-state index in [1.165, 1.54) is 12.1 Å². The molecule has 0 aromatic heterocycles. The lowest BCUT2D eigenvalue weighted by Crippen LogP contribution is -2.41. The number of benzene rings is 2. The first kappa shape index (κ1) is 22.4. The topological polar surface area (TPSA) is 75.7 Å². The number of nitrogens with zero attached hydrogens (tertiary/aromatic N) is 1. The van der Waals surface area contributed by atoms with Crippen molar-refractivity contribution in [2.75, 3.05) is 24.0 Å². The van der Waals surface area contributed by atoms with Gasteiger partial charge in [0.05, 0.1) is 16.7 Å². The van der Waals surface area contributed by atoms with E-state index in [4.69, 9.17) is 4.74 Å². The standard InChI is InChI=1S/C20H25BrN2O4S/c1-16(2)27-13-7-12-22-20(24)15-23(18-9-6-8-17(21)14-18)28(25,26)19-10-4-3-5-11-19/h3-6,8-11,14,16H,7,12-13,15H2,1-2H3,(H,22,24). The highest BCUT2D eigenvalue weighted by molar-refractivity contribution is 9.10.